The number of halogens is 1. The van der Waals surface area contributed by atoms with Crippen LogP contribution in [0.2, 0.25) is 5.02 Å². The van der Waals surface area contributed by atoms with Crippen LogP contribution in [0.25, 0.3) is 0 Å². The Hall–Kier alpha value is -2.73. The van der Waals surface area contributed by atoms with Crippen LogP contribution in [-0.4, -0.2) is 41.5 Å². The highest BCUT2D eigenvalue weighted by Gasteiger charge is 2.18. The minimum atomic E-state index is -0.463. The molecule has 28 heavy (non-hydrogen) atoms. The monoisotopic (exact) mass is 402 g/mol. The number of carbonyl (C=O) groups is 2. The van der Waals surface area contributed by atoms with Crippen molar-refractivity contribution in [1.82, 2.24) is 4.90 Å². The summed E-state index contributed by atoms with van der Waals surface area (Å²) in [4.78, 5) is 26.9. The summed E-state index contributed by atoms with van der Waals surface area (Å²) in [5.41, 5.74) is 0.471. The third-order valence-electron chi connectivity index (χ3n) is 4.65. The maximum Gasteiger partial charge on any atom is 0.260 e. The van der Waals surface area contributed by atoms with Crippen LogP contribution < -0.4 is 10.1 Å². The number of likely N-dealkylation sites (tertiary alicyclic amines) is 1. The molecule has 1 saturated heterocycles. The van der Waals surface area contributed by atoms with Crippen molar-refractivity contribution in [3.05, 3.63) is 53.1 Å². The Morgan fingerprint density at radius 1 is 1.07 bits per heavy atom. The molecule has 2 amide bonds. The third-order valence-corrected chi connectivity index (χ3v) is 4.88. The van der Waals surface area contributed by atoms with Gasteiger partial charge in [-0.2, -0.15) is 0 Å². The number of rotatable bonds is 5. The highest BCUT2D eigenvalue weighted by atomic mass is 35.5. The highest BCUT2D eigenvalue weighted by molar-refractivity contribution is 6.31. The van der Waals surface area contributed by atoms with Crippen molar-refractivity contribution in [1.29, 1.82) is 0 Å². The van der Waals surface area contributed by atoms with Gasteiger partial charge < -0.3 is 20.1 Å². The number of phenolic OH excluding ortho intramolecular Hbond substituents is 1. The summed E-state index contributed by atoms with van der Waals surface area (Å²) in [5, 5.41) is 12.9. The lowest BCUT2D eigenvalue weighted by Gasteiger charge is -2.20. The third kappa shape index (κ3) is 5.16. The van der Waals surface area contributed by atoms with Gasteiger partial charge in [-0.15, -0.1) is 0 Å². The van der Waals surface area contributed by atoms with Gasteiger partial charge in [0.25, 0.3) is 11.8 Å². The number of phenols is 1. The first-order valence-electron chi connectivity index (χ1n) is 9.34. The Kier molecular flexibility index (Phi) is 6.76. The average Bonchev–Trinajstić information content (AvgIpc) is 2.98. The molecule has 2 N–H and O–H groups in total. The van der Waals surface area contributed by atoms with Crippen LogP contribution >= 0.6 is 11.6 Å². The summed E-state index contributed by atoms with van der Waals surface area (Å²) < 4.78 is 5.67. The van der Waals surface area contributed by atoms with Crippen LogP contribution in [0.5, 0.6) is 11.5 Å². The predicted molar refractivity (Wildman–Crippen MR) is 108 cm³/mol. The fourth-order valence-electron chi connectivity index (χ4n) is 3.13. The summed E-state index contributed by atoms with van der Waals surface area (Å²) in [7, 11) is 0. The molecule has 0 unspecified atom stereocenters. The molecule has 3 rings (SSSR count). The molecule has 1 heterocycles. The van der Waals surface area contributed by atoms with Crippen molar-refractivity contribution in [2.75, 3.05) is 25.0 Å². The molecule has 2 aromatic rings. The SMILES string of the molecule is O=C(Nc1cc(Cl)ccc1O)c1ccccc1OCC(=O)N1CCCCCC1. The van der Waals surface area contributed by atoms with E-state index in [1.165, 1.54) is 18.2 Å². The minimum Gasteiger partial charge on any atom is -0.506 e. The zero-order valence-corrected chi connectivity index (χ0v) is 16.2. The van der Waals surface area contributed by atoms with E-state index in [1.807, 2.05) is 4.90 Å². The van der Waals surface area contributed by atoms with Crippen LogP contribution in [-0.2, 0) is 4.79 Å². The maximum absolute atomic E-state index is 12.6. The number of para-hydroxylation sites is 1. The molecule has 0 saturated carbocycles. The van der Waals surface area contributed by atoms with Crippen molar-refractivity contribution in [3.8, 4) is 11.5 Å². The average molecular weight is 403 g/mol. The molecule has 2 aromatic carbocycles. The molecule has 0 atom stereocenters. The molecule has 148 valence electrons. The zero-order valence-electron chi connectivity index (χ0n) is 15.5. The van der Waals surface area contributed by atoms with Gasteiger partial charge in [0.1, 0.15) is 11.5 Å². The van der Waals surface area contributed by atoms with Gasteiger partial charge in [0, 0.05) is 18.1 Å². The summed E-state index contributed by atoms with van der Waals surface area (Å²) in [5.74, 6) is -0.322. The van der Waals surface area contributed by atoms with Crippen LogP contribution in [0.4, 0.5) is 5.69 Å². The number of hydrogen-bond donors (Lipinski definition) is 2. The normalized spacial score (nSPS) is 14.2. The fourth-order valence-corrected chi connectivity index (χ4v) is 3.30. The molecule has 0 bridgehead atoms. The van der Waals surface area contributed by atoms with E-state index in [1.54, 1.807) is 24.3 Å². The molecule has 0 spiro atoms. The highest BCUT2D eigenvalue weighted by Crippen LogP contribution is 2.28. The van der Waals surface area contributed by atoms with Crippen LogP contribution in [0.1, 0.15) is 36.0 Å². The van der Waals surface area contributed by atoms with Crippen molar-refractivity contribution < 1.29 is 19.4 Å². The van der Waals surface area contributed by atoms with Gasteiger partial charge in [-0.25, -0.2) is 0 Å². The lowest BCUT2D eigenvalue weighted by Crippen LogP contribution is -2.35. The van der Waals surface area contributed by atoms with E-state index in [-0.39, 0.29) is 29.5 Å². The molecule has 1 aliphatic heterocycles. The van der Waals surface area contributed by atoms with Gasteiger partial charge in [-0.1, -0.05) is 36.6 Å². The zero-order chi connectivity index (χ0) is 19.9. The van der Waals surface area contributed by atoms with Gasteiger partial charge in [0.15, 0.2) is 6.61 Å². The van der Waals surface area contributed by atoms with E-state index in [0.717, 1.165) is 38.8 Å². The Morgan fingerprint density at radius 3 is 2.54 bits per heavy atom. The second kappa shape index (κ2) is 9.46. The van der Waals surface area contributed by atoms with Crippen LogP contribution in [0.3, 0.4) is 0 Å². The molecule has 1 fully saturated rings. The molecule has 7 heteroatoms. The standard InChI is InChI=1S/C21H23ClN2O4/c22-15-9-10-18(25)17(13-15)23-21(27)16-7-3-4-8-19(16)28-14-20(26)24-11-5-1-2-6-12-24/h3-4,7-10,13,25H,1-2,5-6,11-12,14H2,(H,23,27). The van der Waals surface area contributed by atoms with E-state index in [4.69, 9.17) is 16.3 Å². The van der Waals surface area contributed by atoms with Crippen molar-refractivity contribution in [2.45, 2.75) is 25.7 Å². The van der Waals surface area contributed by atoms with Crippen LogP contribution in [0, 0.1) is 0 Å². The lowest BCUT2D eigenvalue weighted by molar-refractivity contribution is -0.133. The largest absolute Gasteiger partial charge is 0.506 e. The Bertz CT molecular complexity index is 848. The molecule has 1 aliphatic rings. The topological polar surface area (TPSA) is 78.9 Å². The number of nitrogens with one attached hydrogen (secondary N) is 1. The molecular formula is C21H23ClN2O4. The first-order chi connectivity index (χ1) is 13.5. The second-order valence-electron chi connectivity index (χ2n) is 6.70. The Morgan fingerprint density at radius 2 is 1.79 bits per heavy atom. The Balaban J connectivity index is 1.67. The molecular weight excluding hydrogens is 380 g/mol. The van der Waals surface area contributed by atoms with E-state index in [2.05, 4.69) is 5.32 Å². The summed E-state index contributed by atoms with van der Waals surface area (Å²) >= 11 is 5.92. The lowest BCUT2D eigenvalue weighted by atomic mass is 10.1. The first-order valence-corrected chi connectivity index (χ1v) is 9.72. The Labute approximate surface area is 169 Å². The molecule has 0 aromatic heterocycles. The fraction of sp³-hybridized carbons (Fsp3) is 0.333. The number of ether oxygens (including phenoxy) is 1. The quantitative estimate of drug-likeness (QED) is 0.738. The first kappa shape index (κ1) is 20.0. The minimum absolute atomic E-state index is 0.0791. The predicted octanol–water partition coefficient (Wildman–Crippen LogP) is 4.08. The smallest absolute Gasteiger partial charge is 0.260 e. The number of nitrogens with zero attached hydrogens (tertiary/aromatic N) is 1. The van der Waals surface area contributed by atoms with Gasteiger partial charge in [0.05, 0.1) is 11.3 Å². The van der Waals surface area contributed by atoms with E-state index in [9.17, 15) is 14.7 Å². The number of anilines is 1. The second-order valence-corrected chi connectivity index (χ2v) is 7.13. The van der Waals surface area contributed by atoms with E-state index < -0.39 is 5.91 Å². The van der Waals surface area contributed by atoms with Gasteiger partial charge in [-0.3, -0.25) is 9.59 Å². The number of aromatic hydroxyl groups is 1. The molecule has 0 aliphatic carbocycles. The molecule has 6 nitrogen and oxygen atoms in total. The van der Waals surface area contributed by atoms with Gasteiger partial charge in [0.2, 0.25) is 0 Å². The number of benzene rings is 2. The summed E-state index contributed by atoms with van der Waals surface area (Å²) in [6.45, 7) is 1.38. The van der Waals surface area contributed by atoms with Gasteiger partial charge >= 0.3 is 0 Å². The summed E-state index contributed by atoms with van der Waals surface area (Å²) in [6, 6.07) is 11.1. The number of carbonyl (C=O) groups excluding carboxylic acids is 2. The van der Waals surface area contributed by atoms with Crippen molar-refractivity contribution >= 4 is 29.1 Å². The summed E-state index contributed by atoms with van der Waals surface area (Å²) in [6.07, 6.45) is 4.30. The van der Waals surface area contributed by atoms with Crippen LogP contribution in [0.15, 0.2) is 42.5 Å². The van der Waals surface area contributed by atoms with Crippen molar-refractivity contribution in [2.24, 2.45) is 0 Å². The maximum atomic E-state index is 12.6. The van der Waals surface area contributed by atoms with Gasteiger partial charge in [-0.05, 0) is 43.2 Å². The van der Waals surface area contributed by atoms with E-state index in [0.29, 0.717) is 10.8 Å². The van der Waals surface area contributed by atoms with Crippen molar-refractivity contribution in [3.63, 3.8) is 0 Å². The van der Waals surface area contributed by atoms with E-state index >= 15 is 0 Å². The number of hydrogen-bond acceptors (Lipinski definition) is 4. The molecule has 0 radical (unpaired) electrons. The number of amides is 2.